The van der Waals surface area contributed by atoms with Crippen molar-refractivity contribution in [2.75, 3.05) is 0 Å². The van der Waals surface area contributed by atoms with E-state index < -0.39 is 0 Å². The molecule has 3 rings (SSSR count). The van der Waals surface area contributed by atoms with E-state index in [0.29, 0.717) is 18.2 Å². The van der Waals surface area contributed by atoms with Crippen LogP contribution >= 0.6 is 11.8 Å². The number of ether oxygens (including phenoxy) is 1. The second-order valence-electron chi connectivity index (χ2n) is 8.38. The van der Waals surface area contributed by atoms with Crippen molar-refractivity contribution in [2.45, 2.75) is 81.5 Å². The highest BCUT2D eigenvalue weighted by molar-refractivity contribution is 7.99. The van der Waals surface area contributed by atoms with Gasteiger partial charge in [0, 0.05) is 11.3 Å². The first-order valence-electron chi connectivity index (χ1n) is 9.88. The molecule has 1 heterocycles. The molecule has 0 N–H and O–H groups in total. The molecule has 0 unspecified atom stereocenters. The normalized spacial score (nSPS) is 15.3. The van der Waals surface area contributed by atoms with Crippen LogP contribution in [0.3, 0.4) is 0 Å². The number of hydrogen-bond acceptors (Lipinski definition) is 4. The SMILES string of the molecule is Cc1nn(C(C)(C)C)c(OC(=O)CCC2CCCC2)c1Sc1ccccc1. The van der Waals surface area contributed by atoms with Crippen LogP contribution in [0.5, 0.6) is 5.88 Å². The quantitative estimate of drug-likeness (QED) is 0.573. The molecule has 0 saturated heterocycles. The summed E-state index contributed by atoms with van der Waals surface area (Å²) < 4.78 is 7.75. The van der Waals surface area contributed by atoms with E-state index in [4.69, 9.17) is 4.74 Å². The molecule has 1 aliphatic carbocycles. The molecule has 146 valence electrons. The molecule has 1 aliphatic rings. The van der Waals surface area contributed by atoms with Crippen molar-refractivity contribution < 1.29 is 9.53 Å². The fourth-order valence-electron chi connectivity index (χ4n) is 3.54. The zero-order valence-electron chi connectivity index (χ0n) is 16.8. The highest BCUT2D eigenvalue weighted by Crippen LogP contribution is 2.40. The number of aromatic nitrogens is 2. The lowest BCUT2D eigenvalue weighted by atomic mass is 10.0. The molecule has 2 aromatic rings. The minimum atomic E-state index is -0.263. The molecule has 4 nitrogen and oxygen atoms in total. The van der Waals surface area contributed by atoms with Gasteiger partial charge in [-0.25, -0.2) is 4.68 Å². The van der Waals surface area contributed by atoms with Crippen LogP contribution in [-0.4, -0.2) is 15.7 Å². The first kappa shape index (κ1) is 20.0. The molecule has 0 spiro atoms. The van der Waals surface area contributed by atoms with Crippen LogP contribution in [0.4, 0.5) is 0 Å². The third-order valence-corrected chi connectivity index (χ3v) is 6.19. The molecule has 0 bridgehead atoms. The maximum Gasteiger partial charge on any atom is 0.312 e. The van der Waals surface area contributed by atoms with Crippen molar-refractivity contribution in [1.82, 2.24) is 9.78 Å². The Morgan fingerprint density at radius 2 is 1.89 bits per heavy atom. The second kappa shape index (κ2) is 8.51. The van der Waals surface area contributed by atoms with Gasteiger partial charge in [-0.3, -0.25) is 4.79 Å². The van der Waals surface area contributed by atoms with Crippen LogP contribution in [0, 0.1) is 12.8 Å². The zero-order valence-corrected chi connectivity index (χ0v) is 17.6. The average molecular weight is 387 g/mol. The summed E-state index contributed by atoms with van der Waals surface area (Å²) in [6.07, 6.45) is 6.51. The molecule has 27 heavy (non-hydrogen) atoms. The van der Waals surface area contributed by atoms with Gasteiger partial charge < -0.3 is 4.74 Å². The van der Waals surface area contributed by atoms with Crippen LogP contribution in [0.25, 0.3) is 0 Å². The molecule has 0 amide bonds. The van der Waals surface area contributed by atoms with E-state index in [1.54, 1.807) is 11.8 Å². The summed E-state index contributed by atoms with van der Waals surface area (Å²) >= 11 is 1.60. The second-order valence-corrected chi connectivity index (χ2v) is 9.46. The van der Waals surface area contributed by atoms with Crippen LogP contribution in [0.15, 0.2) is 40.1 Å². The third-order valence-electron chi connectivity index (χ3n) is 5.01. The number of aryl methyl sites for hydroxylation is 1. The molecular formula is C22H30N2O2S. The summed E-state index contributed by atoms with van der Waals surface area (Å²) in [5.41, 5.74) is 0.624. The molecule has 1 saturated carbocycles. The monoisotopic (exact) mass is 386 g/mol. The molecule has 1 fully saturated rings. The van der Waals surface area contributed by atoms with Gasteiger partial charge in [0.15, 0.2) is 0 Å². The maximum absolute atomic E-state index is 12.6. The van der Waals surface area contributed by atoms with E-state index in [1.165, 1.54) is 25.7 Å². The Morgan fingerprint density at radius 1 is 1.22 bits per heavy atom. The van der Waals surface area contributed by atoms with Crippen molar-refractivity contribution >= 4 is 17.7 Å². The number of rotatable bonds is 6. The van der Waals surface area contributed by atoms with Gasteiger partial charge in [-0.15, -0.1) is 0 Å². The first-order valence-corrected chi connectivity index (χ1v) is 10.7. The average Bonchev–Trinajstić information content (AvgIpc) is 3.24. The Bertz CT molecular complexity index is 772. The van der Waals surface area contributed by atoms with E-state index in [2.05, 4.69) is 38.0 Å². The molecular weight excluding hydrogens is 356 g/mol. The molecule has 5 heteroatoms. The number of hydrogen-bond donors (Lipinski definition) is 0. The predicted molar refractivity (Wildman–Crippen MR) is 109 cm³/mol. The Kier molecular flexibility index (Phi) is 6.30. The standard InChI is InChI=1S/C22H30N2O2S/c1-16-20(27-18-12-6-5-7-13-18)21(24(23-16)22(2,3)4)26-19(25)15-14-17-10-8-9-11-17/h5-7,12-13,17H,8-11,14-15H2,1-4H3. The fraction of sp³-hybridized carbons (Fsp3) is 0.545. The lowest BCUT2D eigenvalue weighted by Crippen LogP contribution is -2.25. The van der Waals surface area contributed by atoms with Crippen molar-refractivity contribution in [3.8, 4) is 5.88 Å². The summed E-state index contributed by atoms with van der Waals surface area (Å²) in [7, 11) is 0. The van der Waals surface area contributed by atoms with Gasteiger partial charge in [-0.05, 0) is 52.2 Å². The highest BCUT2D eigenvalue weighted by Gasteiger charge is 2.27. The largest absolute Gasteiger partial charge is 0.406 e. The molecule has 1 aromatic heterocycles. The van der Waals surface area contributed by atoms with Gasteiger partial charge in [0.05, 0.1) is 16.1 Å². The maximum atomic E-state index is 12.6. The Balaban J connectivity index is 1.80. The zero-order chi connectivity index (χ0) is 19.4. The Labute approximate surface area is 166 Å². The summed E-state index contributed by atoms with van der Waals surface area (Å²) in [5.74, 6) is 1.11. The van der Waals surface area contributed by atoms with Crippen LogP contribution in [0.2, 0.25) is 0 Å². The Morgan fingerprint density at radius 3 is 2.52 bits per heavy atom. The lowest BCUT2D eigenvalue weighted by Gasteiger charge is -2.22. The Hall–Kier alpha value is -1.75. The smallest absolute Gasteiger partial charge is 0.312 e. The summed E-state index contributed by atoms with van der Waals surface area (Å²) in [6, 6.07) is 10.1. The first-order chi connectivity index (χ1) is 12.8. The van der Waals surface area contributed by atoms with E-state index in [9.17, 15) is 4.79 Å². The van der Waals surface area contributed by atoms with E-state index >= 15 is 0 Å². The van der Waals surface area contributed by atoms with Crippen molar-refractivity contribution in [2.24, 2.45) is 5.92 Å². The number of nitrogens with zero attached hydrogens (tertiary/aromatic N) is 2. The number of carbonyl (C=O) groups is 1. The third kappa shape index (κ3) is 5.16. The number of carbonyl (C=O) groups excluding carboxylic acids is 1. The number of benzene rings is 1. The van der Waals surface area contributed by atoms with Crippen molar-refractivity contribution in [3.05, 3.63) is 36.0 Å². The topological polar surface area (TPSA) is 44.1 Å². The van der Waals surface area contributed by atoms with Gasteiger partial charge in [0.25, 0.3) is 0 Å². The van der Waals surface area contributed by atoms with Gasteiger partial charge in [0.2, 0.25) is 5.88 Å². The van der Waals surface area contributed by atoms with Gasteiger partial charge >= 0.3 is 5.97 Å². The highest BCUT2D eigenvalue weighted by atomic mass is 32.2. The van der Waals surface area contributed by atoms with Gasteiger partial charge in [-0.2, -0.15) is 5.10 Å². The van der Waals surface area contributed by atoms with Crippen molar-refractivity contribution in [3.63, 3.8) is 0 Å². The summed E-state index contributed by atoms with van der Waals surface area (Å²) in [4.78, 5) is 14.6. The summed E-state index contributed by atoms with van der Waals surface area (Å²) in [5, 5.41) is 4.69. The molecule has 0 aliphatic heterocycles. The van der Waals surface area contributed by atoms with Crippen LogP contribution < -0.4 is 4.74 Å². The van der Waals surface area contributed by atoms with Gasteiger partial charge in [0.1, 0.15) is 0 Å². The lowest BCUT2D eigenvalue weighted by molar-refractivity contribution is -0.135. The van der Waals surface area contributed by atoms with E-state index in [0.717, 1.165) is 21.9 Å². The predicted octanol–water partition coefficient (Wildman–Crippen LogP) is 5.97. The van der Waals surface area contributed by atoms with Gasteiger partial charge in [-0.1, -0.05) is 55.6 Å². The minimum Gasteiger partial charge on any atom is -0.406 e. The van der Waals surface area contributed by atoms with Crippen LogP contribution in [0.1, 0.15) is 65.0 Å². The molecule has 1 aromatic carbocycles. The summed E-state index contributed by atoms with van der Waals surface area (Å²) in [6.45, 7) is 8.20. The number of esters is 1. The fourth-order valence-corrected chi connectivity index (χ4v) is 4.47. The molecule has 0 radical (unpaired) electrons. The molecule has 0 atom stereocenters. The van der Waals surface area contributed by atoms with Crippen molar-refractivity contribution in [1.29, 1.82) is 0 Å². The van der Waals surface area contributed by atoms with E-state index in [-0.39, 0.29) is 11.5 Å². The minimum absolute atomic E-state index is 0.151. The van der Waals surface area contributed by atoms with E-state index in [1.807, 2.05) is 29.8 Å². The van der Waals surface area contributed by atoms with Crippen LogP contribution in [-0.2, 0) is 10.3 Å².